The van der Waals surface area contributed by atoms with Crippen LogP contribution in [0.25, 0.3) is 11.0 Å². The zero-order valence-electron chi connectivity index (χ0n) is 11.8. The van der Waals surface area contributed by atoms with Gasteiger partial charge in [-0.15, -0.1) is 0 Å². The number of aromatic nitrogens is 2. The molecule has 4 nitrogen and oxygen atoms in total. The van der Waals surface area contributed by atoms with E-state index in [1.165, 1.54) is 5.56 Å². The number of fused-ring (bicyclic) bond motifs is 1. The number of hydrogen-bond donors (Lipinski definition) is 2. The highest BCUT2D eigenvalue weighted by molar-refractivity contribution is 6.30. The second-order valence-electron chi connectivity index (χ2n) is 5.26. The first-order chi connectivity index (χ1) is 10.1. The van der Waals surface area contributed by atoms with Gasteiger partial charge in [-0.3, -0.25) is 4.90 Å². The van der Waals surface area contributed by atoms with Crippen molar-refractivity contribution in [2.45, 2.75) is 13.1 Å². The van der Waals surface area contributed by atoms with E-state index in [1.54, 1.807) is 0 Å². The minimum atomic E-state index is 0.743. The lowest BCUT2D eigenvalue weighted by Gasteiger charge is -2.15. The average molecular weight is 301 g/mol. The zero-order chi connectivity index (χ0) is 14.8. The number of nitrogens with zero attached hydrogens (tertiary/aromatic N) is 2. The number of hydrogen-bond acceptors (Lipinski definition) is 3. The molecule has 3 rings (SSSR count). The number of nitrogen functional groups attached to an aromatic ring is 1. The summed E-state index contributed by atoms with van der Waals surface area (Å²) in [5.41, 5.74) is 9.67. The highest BCUT2D eigenvalue weighted by Crippen LogP contribution is 2.16. The summed E-state index contributed by atoms with van der Waals surface area (Å²) < 4.78 is 0. The van der Waals surface area contributed by atoms with Crippen molar-refractivity contribution in [2.75, 3.05) is 12.8 Å². The van der Waals surface area contributed by atoms with E-state index in [2.05, 4.69) is 21.9 Å². The fraction of sp³-hybridized carbons (Fsp3) is 0.188. The Morgan fingerprint density at radius 2 is 1.90 bits per heavy atom. The molecule has 0 saturated heterocycles. The fourth-order valence-electron chi connectivity index (χ4n) is 2.37. The monoisotopic (exact) mass is 300 g/mol. The van der Waals surface area contributed by atoms with Gasteiger partial charge in [-0.2, -0.15) is 0 Å². The Hall–Kier alpha value is -2.04. The van der Waals surface area contributed by atoms with Crippen molar-refractivity contribution in [2.24, 2.45) is 0 Å². The molecule has 108 valence electrons. The smallest absolute Gasteiger partial charge is 0.121 e. The summed E-state index contributed by atoms with van der Waals surface area (Å²) in [5.74, 6) is 0.937. The Morgan fingerprint density at radius 3 is 2.67 bits per heavy atom. The molecule has 3 aromatic rings. The third-order valence-corrected chi connectivity index (χ3v) is 3.59. The molecule has 0 atom stereocenters. The molecule has 0 aliphatic heterocycles. The minimum absolute atomic E-state index is 0.743. The maximum Gasteiger partial charge on any atom is 0.121 e. The van der Waals surface area contributed by atoms with Gasteiger partial charge in [-0.1, -0.05) is 23.7 Å². The van der Waals surface area contributed by atoms with E-state index in [9.17, 15) is 0 Å². The number of anilines is 1. The summed E-state index contributed by atoms with van der Waals surface area (Å²) in [6.45, 7) is 1.59. The van der Waals surface area contributed by atoms with Crippen molar-refractivity contribution in [1.82, 2.24) is 14.9 Å². The van der Waals surface area contributed by atoms with E-state index < -0.39 is 0 Å². The maximum absolute atomic E-state index is 5.90. The van der Waals surface area contributed by atoms with Crippen LogP contribution in [0.15, 0.2) is 42.5 Å². The van der Waals surface area contributed by atoms with Crippen molar-refractivity contribution in [1.29, 1.82) is 0 Å². The predicted molar refractivity (Wildman–Crippen MR) is 87.1 cm³/mol. The van der Waals surface area contributed by atoms with E-state index in [4.69, 9.17) is 17.3 Å². The van der Waals surface area contributed by atoms with Gasteiger partial charge < -0.3 is 10.7 Å². The molecular weight excluding hydrogens is 284 g/mol. The van der Waals surface area contributed by atoms with Gasteiger partial charge in [0.1, 0.15) is 5.82 Å². The van der Waals surface area contributed by atoms with Crippen LogP contribution in [0.4, 0.5) is 5.69 Å². The molecule has 0 bridgehead atoms. The Bertz CT molecular complexity index is 749. The van der Waals surface area contributed by atoms with Crippen LogP contribution in [0.3, 0.4) is 0 Å². The number of aromatic amines is 1. The average Bonchev–Trinajstić information content (AvgIpc) is 2.82. The standard InChI is InChI=1S/C16H17ClN4/c1-21(9-11-2-4-12(17)5-3-11)10-16-19-14-7-6-13(18)8-15(14)20-16/h2-8H,9-10,18H2,1H3,(H,19,20). The van der Waals surface area contributed by atoms with Crippen LogP contribution in [-0.4, -0.2) is 21.9 Å². The Morgan fingerprint density at radius 1 is 1.14 bits per heavy atom. The zero-order valence-corrected chi connectivity index (χ0v) is 12.6. The molecule has 0 radical (unpaired) electrons. The molecule has 1 aromatic heterocycles. The highest BCUT2D eigenvalue weighted by Gasteiger charge is 2.07. The molecule has 1 heterocycles. The first kappa shape index (κ1) is 13.9. The predicted octanol–water partition coefficient (Wildman–Crippen LogP) is 3.43. The second-order valence-corrected chi connectivity index (χ2v) is 5.70. The van der Waals surface area contributed by atoms with Crippen molar-refractivity contribution in [3.05, 3.63) is 58.9 Å². The van der Waals surface area contributed by atoms with Gasteiger partial charge >= 0.3 is 0 Å². The number of imidazole rings is 1. The molecular formula is C16H17ClN4. The number of halogens is 1. The molecule has 21 heavy (non-hydrogen) atoms. The highest BCUT2D eigenvalue weighted by atomic mass is 35.5. The molecule has 0 aliphatic rings. The summed E-state index contributed by atoms with van der Waals surface area (Å²) in [4.78, 5) is 10.1. The summed E-state index contributed by atoms with van der Waals surface area (Å²) >= 11 is 5.90. The SMILES string of the molecule is CN(Cc1ccc(Cl)cc1)Cc1nc2ccc(N)cc2[nH]1. The summed E-state index contributed by atoms with van der Waals surface area (Å²) in [5, 5.41) is 0.760. The largest absolute Gasteiger partial charge is 0.399 e. The van der Waals surface area contributed by atoms with E-state index >= 15 is 0 Å². The van der Waals surface area contributed by atoms with Gasteiger partial charge in [0.2, 0.25) is 0 Å². The lowest BCUT2D eigenvalue weighted by atomic mass is 10.2. The van der Waals surface area contributed by atoms with Crippen LogP contribution >= 0.6 is 11.6 Å². The maximum atomic E-state index is 5.90. The lowest BCUT2D eigenvalue weighted by Crippen LogP contribution is -2.17. The number of nitrogens with one attached hydrogen (secondary N) is 1. The molecule has 0 aliphatic carbocycles. The van der Waals surface area contributed by atoms with Crippen LogP contribution in [-0.2, 0) is 13.1 Å². The van der Waals surface area contributed by atoms with Crippen LogP contribution < -0.4 is 5.73 Å². The number of rotatable bonds is 4. The van der Waals surface area contributed by atoms with Gasteiger partial charge in [0.25, 0.3) is 0 Å². The van der Waals surface area contributed by atoms with E-state index in [0.29, 0.717) is 0 Å². The molecule has 5 heteroatoms. The van der Waals surface area contributed by atoms with Crippen LogP contribution in [0.2, 0.25) is 5.02 Å². The number of benzene rings is 2. The van der Waals surface area contributed by atoms with E-state index in [0.717, 1.165) is 40.7 Å². The van der Waals surface area contributed by atoms with Gasteiger partial charge in [0.05, 0.1) is 17.6 Å². The van der Waals surface area contributed by atoms with Crippen LogP contribution in [0.5, 0.6) is 0 Å². The fourth-order valence-corrected chi connectivity index (χ4v) is 2.49. The van der Waals surface area contributed by atoms with Gasteiger partial charge in [-0.05, 0) is 42.9 Å². The first-order valence-electron chi connectivity index (χ1n) is 6.77. The quantitative estimate of drug-likeness (QED) is 0.726. The van der Waals surface area contributed by atoms with Crippen molar-refractivity contribution >= 4 is 28.3 Å². The summed E-state index contributed by atoms with van der Waals surface area (Å²) in [6, 6.07) is 13.6. The molecule has 0 amide bonds. The van der Waals surface area contributed by atoms with Crippen molar-refractivity contribution < 1.29 is 0 Å². The lowest BCUT2D eigenvalue weighted by molar-refractivity contribution is 0.312. The van der Waals surface area contributed by atoms with Gasteiger partial charge in [0.15, 0.2) is 0 Å². The molecule has 3 N–H and O–H groups in total. The Balaban J connectivity index is 1.70. The van der Waals surface area contributed by atoms with Crippen molar-refractivity contribution in [3.8, 4) is 0 Å². The minimum Gasteiger partial charge on any atom is -0.399 e. The molecule has 0 spiro atoms. The van der Waals surface area contributed by atoms with Crippen LogP contribution in [0.1, 0.15) is 11.4 Å². The van der Waals surface area contributed by atoms with E-state index in [-0.39, 0.29) is 0 Å². The Labute approximate surface area is 128 Å². The van der Waals surface area contributed by atoms with Crippen LogP contribution in [0, 0.1) is 0 Å². The third-order valence-electron chi connectivity index (χ3n) is 3.34. The molecule has 0 saturated carbocycles. The second kappa shape index (κ2) is 5.76. The number of nitrogens with two attached hydrogens (primary N) is 1. The van der Waals surface area contributed by atoms with Gasteiger partial charge in [-0.25, -0.2) is 4.98 Å². The topological polar surface area (TPSA) is 57.9 Å². The summed E-state index contributed by atoms with van der Waals surface area (Å²) in [7, 11) is 2.07. The third kappa shape index (κ3) is 3.35. The molecule has 2 aromatic carbocycles. The van der Waals surface area contributed by atoms with Crippen molar-refractivity contribution in [3.63, 3.8) is 0 Å². The normalized spacial score (nSPS) is 11.4. The van der Waals surface area contributed by atoms with Gasteiger partial charge in [0, 0.05) is 17.3 Å². The Kier molecular flexibility index (Phi) is 3.82. The summed E-state index contributed by atoms with van der Waals surface area (Å²) in [6.07, 6.45) is 0. The first-order valence-corrected chi connectivity index (χ1v) is 7.15. The molecule has 0 fully saturated rings. The van der Waals surface area contributed by atoms with E-state index in [1.807, 2.05) is 42.5 Å². The molecule has 0 unspecified atom stereocenters. The number of H-pyrrole nitrogens is 1.